The van der Waals surface area contributed by atoms with E-state index in [1.807, 2.05) is 17.7 Å². The highest BCUT2D eigenvalue weighted by Gasteiger charge is 2.46. The summed E-state index contributed by atoms with van der Waals surface area (Å²) >= 11 is 0. The summed E-state index contributed by atoms with van der Waals surface area (Å²) in [5.41, 5.74) is 3.96. The number of nitrogens with zero attached hydrogens (tertiary/aromatic N) is 7. The van der Waals surface area contributed by atoms with Crippen LogP contribution in [-0.2, 0) is 0 Å². The van der Waals surface area contributed by atoms with Crippen molar-refractivity contribution in [3.8, 4) is 23.2 Å². The summed E-state index contributed by atoms with van der Waals surface area (Å²) < 4.78 is 23.1. The average molecular weight is 503 g/mol. The van der Waals surface area contributed by atoms with Crippen molar-refractivity contribution in [3.05, 3.63) is 59.6 Å². The molecule has 10 nitrogen and oxygen atoms in total. The molecule has 2 N–H and O–H groups in total. The maximum Gasteiger partial charge on any atom is 0.201 e. The SMILES string of the molecule is Cc1c(-c2cc(OC(CO)c3ccc(F)cn3)n3c(C#N)cnc3c2)nnn1C1CC2(CCNCC2)C1. The molecule has 0 amide bonds. The molecule has 2 fully saturated rings. The Bertz CT molecular complexity index is 1480. The largest absolute Gasteiger partial charge is 0.466 e. The number of nitrogens with one attached hydrogen (secondary N) is 1. The lowest BCUT2D eigenvalue weighted by Crippen LogP contribution is -2.46. The van der Waals surface area contributed by atoms with Gasteiger partial charge >= 0.3 is 0 Å². The Morgan fingerprint density at radius 1 is 1.24 bits per heavy atom. The van der Waals surface area contributed by atoms with E-state index in [2.05, 4.69) is 31.7 Å². The molecule has 1 atom stereocenters. The van der Waals surface area contributed by atoms with Gasteiger partial charge in [-0.15, -0.1) is 5.10 Å². The molecule has 1 saturated carbocycles. The van der Waals surface area contributed by atoms with Gasteiger partial charge < -0.3 is 15.2 Å². The van der Waals surface area contributed by atoms with Crippen LogP contribution in [0.15, 0.2) is 36.7 Å². The van der Waals surface area contributed by atoms with Crippen LogP contribution in [0.1, 0.15) is 54.9 Å². The monoisotopic (exact) mass is 502 g/mol. The van der Waals surface area contributed by atoms with Crippen molar-refractivity contribution in [2.75, 3.05) is 19.7 Å². The minimum atomic E-state index is -0.874. The third kappa shape index (κ3) is 4.12. The highest BCUT2D eigenvalue weighted by atomic mass is 19.1. The smallest absolute Gasteiger partial charge is 0.201 e. The zero-order valence-corrected chi connectivity index (χ0v) is 20.4. The number of hydrogen-bond donors (Lipinski definition) is 2. The van der Waals surface area contributed by atoms with Gasteiger partial charge in [-0.05, 0) is 69.3 Å². The zero-order valence-electron chi connectivity index (χ0n) is 20.4. The van der Waals surface area contributed by atoms with E-state index in [1.165, 1.54) is 31.2 Å². The number of ether oxygens (including phenoxy) is 1. The summed E-state index contributed by atoms with van der Waals surface area (Å²) in [7, 11) is 0. The van der Waals surface area contributed by atoms with Crippen LogP contribution in [0, 0.1) is 29.5 Å². The Kier molecular flexibility index (Phi) is 5.85. The first-order valence-electron chi connectivity index (χ1n) is 12.4. The third-order valence-corrected chi connectivity index (χ3v) is 7.74. The second-order valence-corrected chi connectivity index (χ2v) is 10.0. The normalized spacial score (nSPS) is 18.0. The number of halogens is 1. The summed E-state index contributed by atoms with van der Waals surface area (Å²) in [6.07, 6.45) is 6.30. The minimum absolute atomic E-state index is 0.280. The Labute approximate surface area is 212 Å². The first-order chi connectivity index (χ1) is 18.0. The van der Waals surface area contributed by atoms with Crippen molar-refractivity contribution < 1.29 is 14.2 Å². The van der Waals surface area contributed by atoms with Gasteiger partial charge in [-0.2, -0.15) is 5.26 Å². The Hall–Kier alpha value is -3.88. The van der Waals surface area contributed by atoms with E-state index in [-0.39, 0.29) is 11.6 Å². The summed E-state index contributed by atoms with van der Waals surface area (Å²) in [6, 6.07) is 8.77. The molecule has 190 valence electrons. The van der Waals surface area contributed by atoms with Crippen molar-refractivity contribution >= 4 is 5.65 Å². The molecule has 1 unspecified atom stereocenters. The number of imidazole rings is 1. The van der Waals surface area contributed by atoms with Crippen molar-refractivity contribution in [1.29, 1.82) is 5.26 Å². The van der Waals surface area contributed by atoms with Gasteiger partial charge in [-0.1, -0.05) is 5.21 Å². The van der Waals surface area contributed by atoms with Gasteiger partial charge in [0.1, 0.15) is 28.9 Å². The standard InChI is InChI=1S/C26H27FN8O2/c1-16-25(32-33-35(16)19-10-26(11-19)4-6-29-7-5-26)17-8-23-31-14-20(12-28)34(23)24(9-17)37-22(15-36)21-3-2-18(27)13-30-21/h2-3,8-9,13-14,19,22,29,36H,4-7,10-11,15H2,1H3. The van der Waals surface area contributed by atoms with E-state index in [1.54, 1.807) is 10.5 Å². The molecule has 4 aromatic rings. The van der Waals surface area contributed by atoms with Crippen LogP contribution in [0.4, 0.5) is 4.39 Å². The minimum Gasteiger partial charge on any atom is -0.466 e. The summed E-state index contributed by atoms with van der Waals surface area (Å²) in [5.74, 6) is -0.194. The predicted octanol–water partition coefficient (Wildman–Crippen LogP) is 3.12. The van der Waals surface area contributed by atoms with E-state index in [0.717, 1.165) is 43.4 Å². The number of aliphatic hydroxyl groups is 1. The second-order valence-electron chi connectivity index (χ2n) is 10.0. The lowest BCUT2D eigenvalue weighted by atomic mass is 9.60. The topological polar surface area (TPSA) is 126 Å². The molecule has 0 bridgehead atoms. The fraction of sp³-hybridized carbons (Fsp3) is 0.423. The fourth-order valence-corrected chi connectivity index (χ4v) is 5.73. The van der Waals surface area contributed by atoms with E-state index in [4.69, 9.17) is 4.74 Å². The molecule has 0 aromatic carbocycles. The van der Waals surface area contributed by atoms with E-state index < -0.39 is 18.5 Å². The van der Waals surface area contributed by atoms with Crippen LogP contribution < -0.4 is 10.1 Å². The zero-order chi connectivity index (χ0) is 25.6. The van der Waals surface area contributed by atoms with Gasteiger partial charge in [0.15, 0.2) is 6.10 Å². The fourth-order valence-electron chi connectivity index (χ4n) is 5.73. The van der Waals surface area contributed by atoms with E-state index in [0.29, 0.717) is 28.5 Å². The molecule has 6 rings (SSSR count). The van der Waals surface area contributed by atoms with E-state index >= 15 is 0 Å². The van der Waals surface area contributed by atoms with Crippen molar-refractivity contribution in [2.45, 2.75) is 44.8 Å². The first-order valence-corrected chi connectivity index (χ1v) is 12.4. The molecule has 2 aliphatic rings. The predicted molar refractivity (Wildman–Crippen MR) is 131 cm³/mol. The molecule has 1 saturated heterocycles. The van der Waals surface area contributed by atoms with Crippen LogP contribution >= 0.6 is 0 Å². The van der Waals surface area contributed by atoms with Gasteiger partial charge in [-0.3, -0.25) is 9.38 Å². The molecule has 5 heterocycles. The number of piperidine rings is 1. The average Bonchev–Trinajstić information content (AvgIpc) is 3.50. The third-order valence-electron chi connectivity index (χ3n) is 7.74. The van der Waals surface area contributed by atoms with Crippen molar-refractivity contribution in [2.24, 2.45) is 5.41 Å². The Balaban J connectivity index is 1.34. The molecule has 1 spiro atoms. The van der Waals surface area contributed by atoms with E-state index in [9.17, 15) is 14.8 Å². The number of nitriles is 1. The van der Waals surface area contributed by atoms with Crippen molar-refractivity contribution in [3.63, 3.8) is 0 Å². The number of aliphatic hydroxyl groups excluding tert-OH is 1. The number of pyridine rings is 2. The highest BCUT2D eigenvalue weighted by molar-refractivity contribution is 5.68. The molecule has 1 aliphatic carbocycles. The van der Waals surface area contributed by atoms with Gasteiger partial charge in [0.25, 0.3) is 0 Å². The van der Waals surface area contributed by atoms with Crippen LogP contribution in [0.5, 0.6) is 5.88 Å². The molecule has 1 aliphatic heterocycles. The maximum atomic E-state index is 13.4. The van der Waals surface area contributed by atoms with Crippen LogP contribution in [0.25, 0.3) is 16.9 Å². The lowest BCUT2D eigenvalue weighted by Gasteiger charge is -2.50. The number of fused-ring (bicyclic) bond motifs is 1. The van der Waals surface area contributed by atoms with Crippen molar-refractivity contribution in [1.82, 2.24) is 34.7 Å². The van der Waals surface area contributed by atoms with Gasteiger partial charge in [0.2, 0.25) is 5.88 Å². The molecule has 0 radical (unpaired) electrons. The first kappa shape index (κ1) is 23.5. The molecule has 4 aromatic heterocycles. The Morgan fingerprint density at radius 2 is 2.05 bits per heavy atom. The second kappa shape index (κ2) is 9.21. The van der Waals surface area contributed by atoms with Gasteiger partial charge in [0, 0.05) is 11.6 Å². The summed E-state index contributed by atoms with van der Waals surface area (Å²) in [5, 5.41) is 32.1. The molecule has 37 heavy (non-hydrogen) atoms. The number of aromatic nitrogens is 6. The molecular weight excluding hydrogens is 475 g/mol. The van der Waals surface area contributed by atoms with Gasteiger partial charge in [0.05, 0.1) is 36.4 Å². The van der Waals surface area contributed by atoms with Gasteiger partial charge in [-0.25, -0.2) is 14.1 Å². The lowest BCUT2D eigenvalue weighted by molar-refractivity contribution is 0.0212. The van der Waals surface area contributed by atoms with Crippen LogP contribution in [0.2, 0.25) is 0 Å². The highest BCUT2D eigenvalue weighted by Crippen LogP contribution is 2.54. The summed E-state index contributed by atoms with van der Waals surface area (Å²) in [6.45, 7) is 3.77. The van der Waals surface area contributed by atoms with Crippen LogP contribution in [0.3, 0.4) is 0 Å². The summed E-state index contributed by atoms with van der Waals surface area (Å²) in [4.78, 5) is 8.43. The molecular formula is C26H27FN8O2. The maximum absolute atomic E-state index is 13.4. The Morgan fingerprint density at radius 3 is 2.76 bits per heavy atom. The number of rotatable bonds is 6. The van der Waals surface area contributed by atoms with Crippen LogP contribution in [-0.4, -0.2) is 54.2 Å². The quantitative estimate of drug-likeness (QED) is 0.412. The molecule has 11 heteroatoms. The number of hydrogen-bond acceptors (Lipinski definition) is 8.